The second-order valence-corrected chi connectivity index (χ2v) is 4.19. The van der Waals surface area contributed by atoms with E-state index in [1.807, 2.05) is 13.8 Å². The zero-order valence-electron chi connectivity index (χ0n) is 10.2. The highest BCUT2D eigenvalue weighted by Gasteiger charge is 2.13. The van der Waals surface area contributed by atoms with Crippen LogP contribution >= 0.6 is 0 Å². The second kappa shape index (κ2) is 5.00. The lowest BCUT2D eigenvalue weighted by Crippen LogP contribution is -2.17. The summed E-state index contributed by atoms with van der Waals surface area (Å²) in [6.45, 7) is 3.90. The summed E-state index contributed by atoms with van der Waals surface area (Å²) in [6, 6.07) is 7.67. The Morgan fingerprint density at radius 1 is 1.33 bits per heavy atom. The summed E-state index contributed by atoms with van der Waals surface area (Å²) in [5.41, 5.74) is 0.0222. The minimum absolute atomic E-state index is 0.0222. The fourth-order valence-electron chi connectivity index (χ4n) is 1.65. The maximum absolute atomic E-state index is 13.4. The Labute approximate surface area is 104 Å². The van der Waals surface area contributed by atoms with E-state index in [4.69, 9.17) is 0 Å². The lowest BCUT2D eigenvalue weighted by molar-refractivity contribution is 0.102. The van der Waals surface area contributed by atoms with Crippen molar-refractivity contribution in [2.75, 3.05) is 5.32 Å². The molecule has 0 saturated heterocycles. The van der Waals surface area contributed by atoms with Crippen molar-refractivity contribution in [2.24, 2.45) is 0 Å². The van der Waals surface area contributed by atoms with Gasteiger partial charge in [0.1, 0.15) is 11.6 Å². The summed E-state index contributed by atoms with van der Waals surface area (Å²) in [7, 11) is 0. The number of rotatable bonds is 3. The molecule has 0 aliphatic heterocycles. The van der Waals surface area contributed by atoms with E-state index in [1.54, 1.807) is 29.1 Å². The van der Waals surface area contributed by atoms with Crippen LogP contribution in [-0.2, 0) is 0 Å². The lowest BCUT2D eigenvalue weighted by atomic mass is 10.2. The van der Waals surface area contributed by atoms with E-state index in [-0.39, 0.29) is 11.6 Å². The minimum atomic E-state index is -0.536. The number of benzene rings is 1. The first-order valence-electron chi connectivity index (χ1n) is 5.69. The highest BCUT2D eigenvalue weighted by molar-refractivity contribution is 6.03. The maximum atomic E-state index is 13.4. The molecule has 0 fully saturated rings. The van der Waals surface area contributed by atoms with Gasteiger partial charge in [0.15, 0.2) is 0 Å². The molecular weight excluding hydrogens is 233 g/mol. The third-order valence-electron chi connectivity index (χ3n) is 2.52. The van der Waals surface area contributed by atoms with Crippen LogP contribution < -0.4 is 5.32 Å². The van der Waals surface area contributed by atoms with Crippen molar-refractivity contribution in [2.45, 2.75) is 19.9 Å². The number of nitrogens with zero attached hydrogens (tertiary/aromatic N) is 2. The van der Waals surface area contributed by atoms with E-state index in [0.717, 1.165) is 0 Å². The first kappa shape index (κ1) is 12.3. The summed E-state index contributed by atoms with van der Waals surface area (Å²) in [5, 5.41) is 6.74. The highest BCUT2D eigenvalue weighted by Crippen LogP contribution is 2.15. The van der Waals surface area contributed by atoms with Crippen LogP contribution in [0.2, 0.25) is 0 Å². The van der Waals surface area contributed by atoms with Gasteiger partial charge in [-0.2, -0.15) is 5.10 Å². The van der Waals surface area contributed by atoms with E-state index in [9.17, 15) is 9.18 Å². The van der Waals surface area contributed by atoms with Gasteiger partial charge in [0.2, 0.25) is 0 Å². The predicted octanol–water partition coefficient (Wildman–Crippen LogP) is 2.86. The van der Waals surface area contributed by atoms with Crippen LogP contribution in [0.5, 0.6) is 0 Å². The average Bonchev–Trinajstić information content (AvgIpc) is 2.77. The highest BCUT2D eigenvalue weighted by atomic mass is 19.1. The molecule has 0 aliphatic rings. The van der Waals surface area contributed by atoms with Gasteiger partial charge in [-0.05, 0) is 26.0 Å². The SMILES string of the molecule is CC(C)n1nccc1NC(=O)c1ccccc1F. The van der Waals surface area contributed by atoms with Crippen LogP contribution in [0.4, 0.5) is 10.2 Å². The molecular formula is C13H14FN3O. The Morgan fingerprint density at radius 3 is 2.72 bits per heavy atom. The van der Waals surface area contributed by atoms with Crippen molar-refractivity contribution < 1.29 is 9.18 Å². The van der Waals surface area contributed by atoms with Crippen molar-refractivity contribution in [1.29, 1.82) is 0 Å². The summed E-state index contributed by atoms with van der Waals surface area (Å²) < 4.78 is 15.1. The third kappa shape index (κ3) is 2.40. The van der Waals surface area contributed by atoms with Gasteiger partial charge >= 0.3 is 0 Å². The smallest absolute Gasteiger partial charge is 0.259 e. The Balaban J connectivity index is 2.22. The molecule has 1 heterocycles. The molecule has 1 amide bonds. The average molecular weight is 247 g/mol. The fraction of sp³-hybridized carbons (Fsp3) is 0.231. The zero-order chi connectivity index (χ0) is 13.1. The van der Waals surface area contributed by atoms with Gasteiger partial charge in [-0.3, -0.25) is 4.79 Å². The number of hydrogen-bond acceptors (Lipinski definition) is 2. The molecule has 1 N–H and O–H groups in total. The number of carbonyl (C=O) groups is 1. The molecule has 0 atom stereocenters. The summed E-state index contributed by atoms with van der Waals surface area (Å²) in [4.78, 5) is 11.9. The molecule has 0 saturated carbocycles. The lowest BCUT2D eigenvalue weighted by Gasteiger charge is -2.11. The Kier molecular flexibility index (Phi) is 3.41. The molecule has 0 unspecified atom stereocenters. The van der Waals surface area contributed by atoms with Gasteiger partial charge in [-0.25, -0.2) is 9.07 Å². The zero-order valence-corrected chi connectivity index (χ0v) is 10.2. The molecule has 0 spiro atoms. The number of anilines is 1. The number of amides is 1. The molecule has 94 valence electrons. The van der Waals surface area contributed by atoms with Crippen LogP contribution in [0.3, 0.4) is 0 Å². The molecule has 1 aromatic carbocycles. The number of carbonyl (C=O) groups excluding carboxylic acids is 1. The Bertz CT molecular complexity index is 563. The Hall–Kier alpha value is -2.17. The van der Waals surface area contributed by atoms with Crippen LogP contribution in [-0.4, -0.2) is 15.7 Å². The van der Waals surface area contributed by atoms with E-state index in [1.165, 1.54) is 12.1 Å². The van der Waals surface area contributed by atoms with E-state index in [2.05, 4.69) is 10.4 Å². The van der Waals surface area contributed by atoms with Crippen LogP contribution in [0.15, 0.2) is 36.5 Å². The van der Waals surface area contributed by atoms with Crippen molar-refractivity contribution in [3.8, 4) is 0 Å². The molecule has 2 rings (SSSR count). The minimum Gasteiger partial charge on any atom is -0.307 e. The van der Waals surface area contributed by atoms with Gasteiger partial charge in [0.25, 0.3) is 5.91 Å². The van der Waals surface area contributed by atoms with Gasteiger partial charge in [-0.15, -0.1) is 0 Å². The first-order chi connectivity index (χ1) is 8.59. The number of hydrogen-bond donors (Lipinski definition) is 1. The van der Waals surface area contributed by atoms with Gasteiger partial charge in [0.05, 0.1) is 11.8 Å². The molecule has 5 heteroatoms. The van der Waals surface area contributed by atoms with Crippen molar-refractivity contribution >= 4 is 11.7 Å². The number of halogens is 1. The third-order valence-corrected chi connectivity index (χ3v) is 2.52. The van der Waals surface area contributed by atoms with Crippen molar-refractivity contribution in [1.82, 2.24) is 9.78 Å². The summed E-state index contributed by atoms with van der Waals surface area (Å²) in [6.07, 6.45) is 1.59. The van der Waals surface area contributed by atoms with E-state index >= 15 is 0 Å². The number of aromatic nitrogens is 2. The summed E-state index contributed by atoms with van der Waals surface area (Å²) in [5.74, 6) is -0.459. The molecule has 4 nitrogen and oxygen atoms in total. The van der Waals surface area contributed by atoms with E-state index in [0.29, 0.717) is 5.82 Å². The first-order valence-corrected chi connectivity index (χ1v) is 5.69. The standard InChI is InChI=1S/C13H14FN3O/c1-9(2)17-12(7-8-15-17)16-13(18)10-5-3-4-6-11(10)14/h3-9H,1-2H3,(H,16,18). The maximum Gasteiger partial charge on any atom is 0.259 e. The Morgan fingerprint density at radius 2 is 2.06 bits per heavy atom. The molecule has 18 heavy (non-hydrogen) atoms. The van der Waals surface area contributed by atoms with Gasteiger partial charge in [0, 0.05) is 12.1 Å². The van der Waals surface area contributed by atoms with Crippen molar-refractivity contribution in [3.05, 3.63) is 47.9 Å². The van der Waals surface area contributed by atoms with Crippen LogP contribution in [0, 0.1) is 5.82 Å². The molecule has 0 radical (unpaired) electrons. The van der Waals surface area contributed by atoms with Gasteiger partial charge in [-0.1, -0.05) is 12.1 Å². The predicted molar refractivity (Wildman–Crippen MR) is 67.0 cm³/mol. The van der Waals surface area contributed by atoms with Crippen LogP contribution in [0.25, 0.3) is 0 Å². The fourth-order valence-corrected chi connectivity index (χ4v) is 1.65. The normalized spacial score (nSPS) is 10.7. The molecule has 1 aromatic heterocycles. The van der Waals surface area contributed by atoms with Crippen LogP contribution in [0.1, 0.15) is 30.2 Å². The molecule has 0 bridgehead atoms. The second-order valence-electron chi connectivity index (χ2n) is 4.19. The number of nitrogens with one attached hydrogen (secondary N) is 1. The quantitative estimate of drug-likeness (QED) is 0.906. The monoisotopic (exact) mass is 247 g/mol. The largest absolute Gasteiger partial charge is 0.307 e. The molecule has 2 aromatic rings. The molecule has 0 aliphatic carbocycles. The van der Waals surface area contributed by atoms with E-state index < -0.39 is 11.7 Å². The van der Waals surface area contributed by atoms with Crippen molar-refractivity contribution in [3.63, 3.8) is 0 Å². The summed E-state index contributed by atoms with van der Waals surface area (Å²) >= 11 is 0. The topological polar surface area (TPSA) is 46.9 Å². The van der Waals surface area contributed by atoms with Gasteiger partial charge < -0.3 is 5.32 Å².